The lowest BCUT2D eigenvalue weighted by atomic mass is 9.96. The van der Waals surface area contributed by atoms with E-state index in [0.29, 0.717) is 0 Å². The number of nitrogens with one attached hydrogen (secondary N) is 1. The van der Waals surface area contributed by atoms with Crippen LogP contribution in [0.15, 0.2) is 47.3 Å². The number of amides is 1. The van der Waals surface area contributed by atoms with Crippen molar-refractivity contribution in [2.24, 2.45) is 20.0 Å². The smallest absolute Gasteiger partial charge is 0.326 e. The summed E-state index contributed by atoms with van der Waals surface area (Å²) in [6.07, 6.45) is 1.93. The minimum atomic E-state index is -0.0671. The second-order valence-corrected chi connectivity index (χ2v) is 8.15. The van der Waals surface area contributed by atoms with Crippen LogP contribution in [-0.4, -0.2) is 33.0 Å². The van der Waals surface area contributed by atoms with Crippen molar-refractivity contribution in [2.75, 3.05) is 18.4 Å². The predicted octanol–water partition coefficient (Wildman–Crippen LogP) is 3.04. The van der Waals surface area contributed by atoms with Gasteiger partial charge in [0, 0.05) is 32.9 Å². The molecule has 0 aliphatic carbocycles. The third-order valence-corrected chi connectivity index (χ3v) is 5.94. The summed E-state index contributed by atoms with van der Waals surface area (Å²) in [5, 5.41) is 3.06. The standard InChI is InChI=1S/C23H28N4O2/c1-16-6-8-17(9-7-16)14-27-12-4-5-18(15-27)22(28)24-19-10-11-20-21(13-19)26(3)23(29)25(20)2/h6-11,13,18H,4-5,12,14-15H2,1-3H3,(H,24,28). The van der Waals surface area contributed by atoms with E-state index in [0.717, 1.165) is 49.2 Å². The van der Waals surface area contributed by atoms with Crippen LogP contribution in [0.2, 0.25) is 0 Å². The highest BCUT2D eigenvalue weighted by Crippen LogP contribution is 2.22. The van der Waals surface area contributed by atoms with Gasteiger partial charge >= 0.3 is 5.69 Å². The summed E-state index contributed by atoms with van der Waals surface area (Å²) in [7, 11) is 3.51. The number of hydrogen-bond donors (Lipinski definition) is 1. The number of carbonyl (C=O) groups excluding carboxylic acids is 1. The van der Waals surface area contributed by atoms with E-state index in [1.807, 2.05) is 18.2 Å². The maximum atomic E-state index is 12.9. The van der Waals surface area contributed by atoms with E-state index in [-0.39, 0.29) is 17.5 Å². The Morgan fingerprint density at radius 1 is 1.07 bits per heavy atom. The third-order valence-electron chi connectivity index (χ3n) is 5.94. The topological polar surface area (TPSA) is 59.3 Å². The van der Waals surface area contributed by atoms with Crippen LogP contribution in [0.25, 0.3) is 11.0 Å². The molecule has 1 saturated heterocycles. The van der Waals surface area contributed by atoms with E-state index in [1.54, 1.807) is 23.2 Å². The molecular formula is C23H28N4O2. The summed E-state index contributed by atoms with van der Waals surface area (Å²) in [6, 6.07) is 14.2. The van der Waals surface area contributed by atoms with Gasteiger partial charge in [-0.15, -0.1) is 0 Å². The highest BCUT2D eigenvalue weighted by Gasteiger charge is 2.26. The second-order valence-electron chi connectivity index (χ2n) is 8.15. The third kappa shape index (κ3) is 3.98. The van der Waals surface area contributed by atoms with E-state index < -0.39 is 0 Å². The summed E-state index contributed by atoms with van der Waals surface area (Å²) in [6.45, 7) is 4.76. The lowest BCUT2D eigenvalue weighted by Gasteiger charge is -2.32. The zero-order valence-corrected chi connectivity index (χ0v) is 17.3. The summed E-state index contributed by atoms with van der Waals surface area (Å²) in [5.74, 6) is 0.0309. The number of fused-ring (bicyclic) bond motifs is 1. The number of piperidine rings is 1. The molecule has 0 radical (unpaired) electrons. The van der Waals surface area contributed by atoms with E-state index in [4.69, 9.17) is 0 Å². The van der Waals surface area contributed by atoms with E-state index in [9.17, 15) is 9.59 Å². The highest BCUT2D eigenvalue weighted by atomic mass is 16.2. The van der Waals surface area contributed by atoms with Crippen molar-refractivity contribution < 1.29 is 4.79 Å². The van der Waals surface area contributed by atoms with Crippen LogP contribution in [0.4, 0.5) is 5.69 Å². The van der Waals surface area contributed by atoms with Crippen molar-refractivity contribution >= 4 is 22.6 Å². The van der Waals surface area contributed by atoms with Crippen LogP contribution in [0, 0.1) is 12.8 Å². The highest BCUT2D eigenvalue weighted by molar-refractivity contribution is 5.94. The van der Waals surface area contributed by atoms with Crippen LogP contribution >= 0.6 is 0 Å². The van der Waals surface area contributed by atoms with Crippen LogP contribution in [0.3, 0.4) is 0 Å². The van der Waals surface area contributed by atoms with Crippen LogP contribution in [-0.2, 0) is 25.4 Å². The predicted molar refractivity (Wildman–Crippen MR) is 116 cm³/mol. The monoisotopic (exact) mass is 392 g/mol. The number of aromatic nitrogens is 2. The minimum absolute atomic E-state index is 0.0236. The molecule has 1 atom stereocenters. The molecule has 1 aromatic heterocycles. The normalized spacial score (nSPS) is 17.6. The van der Waals surface area contributed by atoms with Gasteiger partial charge in [-0.2, -0.15) is 0 Å². The maximum absolute atomic E-state index is 12.9. The van der Waals surface area contributed by atoms with Crippen molar-refractivity contribution in [1.82, 2.24) is 14.0 Å². The quantitative estimate of drug-likeness (QED) is 0.742. The Kier molecular flexibility index (Phi) is 5.28. The number of nitrogens with zero attached hydrogens (tertiary/aromatic N) is 3. The molecule has 0 spiro atoms. The summed E-state index contributed by atoms with van der Waals surface area (Å²) in [5.41, 5.74) is 4.89. The van der Waals surface area contributed by atoms with E-state index in [1.165, 1.54) is 11.1 Å². The fourth-order valence-electron chi connectivity index (χ4n) is 4.19. The molecular weight excluding hydrogens is 364 g/mol. The second kappa shape index (κ2) is 7.87. The summed E-state index contributed by atoms with van der Waals surface area (Å²) >= 11 is 0. The molecule has 1 aliphatic rings. The molecule has 152 valence electrons. The molecule has 2 heterocycles. The molecule has 29 heavy (non-hydrogen) atoms. The van der Waals surface area contributed by atoms with Gasteiger partial charge in [0.25, 0.3) is 0 Å². The van der Waals surface area contributed by atoms with Crippen LogP contribution in [0.5, 0.6) is 0 Å². The first-order valence-electron chi connectivity index (χ1n) is 10.2. The number of hydrogen-bond acceptors (Lipinski definition) is 3. The van der Waals surface area contributed by atoms with Gasteiger partial charge in [0.2, 0.25) is 5.91 Å². The number of rotatable bonds is 4. The molecule has 1 N–H and O–H groups in total. The number of benzene rings is 2. The molecule has 2 aromatic carbocycles. The Labute approximate surface area is 170 Å². The van der Waals surface area contributed by atoms with Crippen molar-refractivity contribution in [3.05, 3.63) is 64.1 Å². The number of anilines is 1. The molecule has 1 aliphatic heterocycles. The molecule has 6 nitrogen and oxygen atoms in total. The van der Waals surface area contributed by atoms with Gasteiger partial charge in [-0.3, -0.25) is 18.8 Å². The van der Waals surface area contributed by atoms with Gasteiger partial charge in [-0.25, -0.2) is 4.79 Å². The zero-order chi connectivity index (χ0) is 20.5. The molecule has 1 fully saturated rings. The van der Waals surface area contributed by atoms with Gasteiger partial charge in [-0.1, -0.05) is 29.8 Å². The van der Waals surface area contributed by atoms with E-state index >= 15 is 0 Å². The average molecular weight is 393 g/mol. The lowest BCUT2D eigenvalue weighted by Crippen LogP contribution is -2.40. The van der Waals surface area contributed by atoms with Crippen molar-refractivity contribution in [2.45, 2.75) is 26.3 Å². The molecule has 4 rings (SSSR count). The summed E-state index contributed by atoms with van der Waals surface area (Å²) in [4.78, 5) is 27.4. The fraction of sp³-hybridized carbons (Fsp3) is 0.391. The van der Waals surface area contributed by atoms with Gasteiger partial charge in [0.05, 0.1) is 17.0 Å². The van der Waals surface area contributed by atoms with Crippen molar-refractivity contribution in [3.63, 3.8) is 0 Å². The molecule has 3 aromatic rings. The largest absolute Gasteiger partial charge is 0.328 e. The number of carbonyl (C=O) groups is 1. The maximum Gasteiger partial charge on any atom is 0.328 e. The van der Waals surface area contributed by atoms with Gasteiger partial charge in [0.1, 0.15) is 0 Å². The zero-order valence-electron chi connectivity index (χ0n) is 17.3. The molecule has 0 bridgehead atoms. The lowest BCUT2D eigenvalue weighted by molar-refractivity contribution is -0.121. The van der Waals surface area contributed by atoms with Crippen molar-refractivity contribution in [3.8, 4) is 0 Å². The molecule has 1 amide bonds. The average Bonchev–Trinajstić information content (AvgIpc) is 2.94. The van der Waals surface area contributed by atoms with Crippen LogP contribution in [0.1, 0.15) is 24.0 Å². The molecule has 0 saturated carbocycles. The number of aryl methyl sites for hydroxylation is 3. The van der Waals surface area contributed by atoms with E-state index in [2.05, 4.69) is 41.4 Å². The van der Waals surface area contributed by atoms with Gasteiger partial charge in [0.15, 0.2) is 0 Å². The Bertz CT molecular complexity index is 1090. The minimum Gasteiger partial charge on any atom is -0.326 e. The number of likely N-dealkylation sites (tertiary alicyclic amines) is 1. The summed E-state index contributed by atoms with van der Waals surface area (Å²) < 4.78 is 3.22. The Balaban J connectivity index is 1.44. The Morgan fingerprint density at radius 3 is 2.55 bits per heavy atom. The molecule has 1 unspecified atom stereocenters. The molecule has 6 heteroatoms. The number of imidazole rings is 1. The Hall–Kier alpha value is -2.86. The Morgan fingerprint density at radius 2 is 1.79 bits per heavy atom. The SMILES string of the molecule is Cc1ccc(CN2CCCC(C(=O)Nc3ccc4c(c3)n(C)c(=O)n4C)C2)cc1. The fourth-order valence-corrected chi connectivity index (χ4v) is 4.19. The van der Waals surface area contributed by atoms with Crippen LogP contribution < -0.4 is 11.0 Å². The first kappa shape index (κ1) is 19.5. The van der Waals surface area contributed by atoms with Crippen molar-refractivity contribution in [1.29, 1.82) is 0 Å². The van der Waals surface area contributed by atoms with Gasteiger partial charge in [-0.05, 0) is 50.1 Å². The first-order valence-corrected chi connectivity index (χ1v) is 10.2. The first-order chi connectivity index (χ1) is 13.9. The van der Waals surface area contributed by atoms with Gasteiger partial charge < -0.3 is 5.32 Å².